The van der Waals surface area contributed by atoms with Gasteiger partial charge in [-0.2, -0.15) is 0 Å². The normalized spacial score (nSPS) is 12.4. The van der Waals surface area contributed by atoms with E-state index in [-0.39, 0.29) is 24.9 Å². The van der Waals surface area contributed by atoms with Crippen molar-refractivity contribution in [2.75, 3.05) is 18.1 Å². The number of esters is 1. The van der Waals surface area contributed by atoms with Crippen LogP contribution >= 0.6 is 0 Å². The van der Waals surface area contributed by atoms with Crippen molar-refractivity contribution in [1.82, 2.24) is 5.32 Å². The zero-order valence-corrected chi connectivity index (χ0v) is 20.6. The molecule has 0 radical (unpaired) electrons. The summed E-state index contributed by atoms with van der Waals surface area (Å²) in [6.45, 7) is 5.39. The predicted molar refractivity (Wildman–Crippen MR) is 140 cm³/mol. The van der Waals surface area contributed by atoms with Crippen LogP contribution in [0.1, 0.15) is 42.3 Å². The second-order valence-corrected chi connectivity index (χ2v) is 8.29. The molecule has 3 rings (SSSR count). The van der Waals surface area contributed by atoms with Crippen molar-refractivity contribution in [3.05, 3.63) is 77.4 Å². The third-order valence-electron chi connectivity index (χ3n) is 6.00. The van der Waals surface area contributed by atoms with Gasteiger partial charge in [-0.15, -0.1) is 0 Å². The highest BCUT2D eigenvalue weighted by Gasteiger charge is 2.46. The van der Waals surface area contributed by atoms with E-state index in [0.29, 0.717) is 28.7 Å². The average molecular weight is 490 g/mol. The largest absolute Gasteiger partial charge is 0.463 e. The highest BCUT2D eigenvalue weighted by Crippen LogP contribution is 2.29. The molecule has 36 heavy (non-hydrogen) atoms. The molecule has 0 aliphatic heterocycles. The standard InChI is InChI=1S/C27H31N5O4/c1-4-32(27(30,17(3)33)26(35)36-5-2)21-13-14-22-20(15-21)7-6-8-23(22)25(34)31-16-18-9-11-19(12-10-18)24(28)29/h6-15H,4-5,16,30H2,1-3H3,(H3,28,29)(H,31,34). The lowest BCUT2D eigenvalue weighted by Crippen LogP contribution is -2.67. The van der Waals surface area contributed by atoms with E-state index >= 15 is 0 Å². The Morgan fingerprint density at radius 2 is 1.75 bits per heavy atom. The SMILES string of the molecule is CCOC(=O)C(N)(C(C)=O)N(CC)c1ccc2c(C(=O)NCc3ccc(C(=N)N)cc3)cccc2c1. The number of Topliss-reactive ketones (excluding diaryl/α,β-unsaturated/α-hetero) is 1. The van der Waals surface area contributed by atoms with Gasteiger partial charge in [0.2, 0.25) is 5.66 Å². The summed E-state index contributed by atoms with van der Waals surface area (Å²) in [5.41, 5.74) is 12.4. The van der Waals surface area contributed by atoms with Gasteiger partial charge in [-0.25, -0.2) is 4.79 Å². The molecule has 3 aromatic rings. The summed E-state index contributed by atoms with van der Waals surface area (Å²) >= 11 is 0. The number of nitrogens with two attached hydrogens (primary N) is 2. The Labute approximate surface area is 209 Å². The first-order chi connectivity index (χ1) is 17.1. The van der Waals surface area contributed by atoms with Crippen molar-refractivity contribution in [2.24, 2.45) is 11.5 Å². The van der Waals surface area contributed by atoms with E-state index in [0.717, 1.165) is 10.9 Å². The van der Waals surface area contributed by atoms with Crippen molar-refractivity contribution in [2.45, 2.75) is 33.0 Å². The summed E-state index contributed by atoms with van der Waals surface area (Å²) in [5, 5.41) is 11.8. The molecule has 0 aliphatic rings. The second kappa shape index (κ2) is 11.0. The Morgan fingerprint density at radius 3 is 2.33 bits per heavy atom. The molecule has 1 amide bonds. The van der Waals surface area contributed by atoms with Crippen LogP contribution in [0.25, 0.3) is 10.8 Å². The number of likely N-dealkylation sites (N-methyl/N-ethyl adjacent to an activating group) is 1. The summed E-state index contributed by atoms with van der Waals surface area (Å²) in [4.78, 5) is 39.6. The maximum atomic E-state index is 13.0. The van der Waals surface area contributed by atoms with Gasteiger partial charge < -0.3 is 20.7 Å². The maximum absolute atomic E-state index is 13.0. The minimum Gasteiger partial charge on any atom is -0.463 e. The lowest BCUT2D eigenvalue weighted by atomic mass is 10.00. The topological polar surface area (TPSA) is 152 Å². The van der Waals surface area contributed by atoms with Gasteiger partial charge in [0.1, 0.15) is 5.84 Å². The molecule has 1 atom stereocenters. The number of ether oxygens (including phenoxy) is 1. The zero-order chi connectivity index (χ0) is 26.5. The Hall–Kier alpha value is -4.24. The van der Waals surface area contributed by atoms with Gasteiger partial charge in [-0.3, -0.25) is 20.7 Å². The number of hydrogen-bond donors (Lipinski definition) is 4. The number of nitrogens with zero attached hydrogens (tertiary/aromatic N) is 1. The molecule has 1 unspecified atom stereocenters. The number of ketones is 1. The molecule has 0 bridgehead atoms. The van der Waals surface area contributed by atoms with E-state index in [1.54, 1.807) is 56.3 Å². The van der Waals surface area contributed by atoms with E-state index in [9.17, 15) is 14.4 Å². The van der Waals surface area contributed by atoms with E-state index in [1.807, 2.05) is 18.2 Å². The number of amidine groups is 1. The van der Waals surface area contributed by atoms with Crippen LogP contribution in [0.4, 0.5) is 5.69 Å². The van der Waals surface area contributed by atoms with Crippen LogP contribution in [-0.4, -0.2) is 42.3 Å². The van der Waals surface area contributed by atoms with Crippen LogP contribution in [0.5, 0.6) is 0 Å². The van der Waals surface area contributed by atoms with Gasteiger partial charge in [0.15, 0.2) is 5.78 Å². The number of rotatable bonds is 10. The Bertz CT molecular complexity index is 1310. The molecule has 6 N–H and O–H groups in total. The number of benzene rings is 3. The van der Waals surface area contributed by atoms with Gasteiger partial charge >= 0.3 is 5.97 Å². The Kier molecular flexibility index (Phi) is 8.06. The van der Waals surface area contributed by atoms with Crippen molar-refractivity contribution in [3.63, 3.8) is 0 Å². The minimum absolute atomic E-state index is 0.0141. The molecule has 0 aliphatic carbocycles. The summed E-state index contributed by atoms with van der Waals surface area (Å²) in [7, 11) is 0. The van der Waals surface area contributed by atoms with E-state index in [1.165, 1.54) is 11.8 Å². The first-order valence-electron chi connectivity index (χ1n) is 11.6. The van der Waals surface area contributed by atoms with Crippen LogP contribution < -0.4 is 21.7 Å². The summed E-state index contributed by atoms with van der Waals surface area (Å²) in [6, 6.07) is 17.7. The number of carbonyl (C=O) groups excluding carboxylic acids is 3. The summed E-state index contributed by atoms with van der Waals surface area (Å²) < 4.78 is 5.10. The average Bonchev–Trinajstić information content (AvgIpc) is 2.87. The van der Waals surface area contributed by atoms with Crippen molar-refractivity contribution in [3.8, 4) is 0 Å². The van der Waals surface area contributed by atoms with Crippen LogP contribution in [0.2, 0.25) is 0 Å². The van der Waals surface area contributed by atoms with Gasteiger partial charge in [0.05, 0.1) is 6.61 Å². The molecule has 0 aromatic heterocycles. The molecule has 3 aromatic carbocycles. The number of nitrogen functional groups attached to an aromatic ring is 1. The molecule has 9 heteroatoms. The lowest BCUT2D eigenvalue weighted by Gasteiger charge is -2.38. The highest BCUT2D eigenvalue weighted by molar-refractivity contribution is 6.11. The molecular formula is C27H31N5O4. The third kappa shape index (κ3) is 5.21. The fourth-order valence-electron chi connectivity index (χ4n) is 4.04. The van der Waals surface area contributed by atoms with E-state index in [2.05, 4.69) is 5.32 Å². The summed E-state index contributed by atoms with van der Waals surface area (Å²) in [6.07, 6.45) is 0. The van der Waals surface area contributed by atoms with Crippen LogP contribution in [0, 0.1) is 5.41 Å². The molecule has 0 heterocycles. The number of nitrogens with one attached hydrogen (secondary N) is 2. The van der Waals surface area contributed by atoms with Gasteiger partial charge in [-0.1, -0.05) is 42.5 Å². The van der Waals surface area contributed by atoms with E-state index < -0.39 is 17.4 Å². The number of amides is 1. The molecule has 0 saturated heterocycles. The van der Waals surface area contributed by atoms with Crippen LogP contribution in [0.3, 0.4) is 0 Å². The number of carbonyl (C=O) groups is 3. The zero-order valence-electron chi connectivity index (χ0n) is 20.6. The fourth-order valence-corrected chi connectivity index (χ4v) is 4.04. The first kappa shape index (κ1) is 26.4. The molecule has 0 saturated carbocycles. The highest BCUT2D eigenvalue weighted by atomic mass is 16.5. The van der Waals surface area contributed by atoms with Gasteiger partial charge in [0.25, 0.3) is 5.91 Å². The monoisotopic (exact) mass is 489 g/mol. The lowest BCUT2D eigenvalue weighted by molar-refractivity contribution is -0.153. The van der Waals surface area contributed by atoms with Crippen LogP contribution in [0.15, 0.2) is 60.7 Å². The molecular weight excluding hydrogens is 458 g/mol. The van der Waals surface area contributed by atoms with Gasteiger partial charge in [-0.05, 0) is 55.3 Å². The maximum Gasteiger partial charge on any atom is 0.355 e. The molecule has 0 fully saturated rings. The number of anilines is 1. The molecule has 9 nitrogen and oxygen atoms in total. The van der Waals surface area contributed by atoms with Crippen molar-refractivity contribution < 1.29 is 19.1 Å². The van der Waals surface area contributed by atoms with Crippen molar-refractivity contribution >= 4 is 40.0 Å². The Balaban J connectivity index is 1.89. The fraction of sp³-hybridized carbons (Fsp3) is 0.259. The second-order valence-electron chi connectivity index (χ2n) is 8.29. The minimum atomic E-state index is -1.97. The smallest absolute Gasteiger partial charge is 0.355 e. The van der Waals surface area contributed by atoms with Crippen LogP contribution in [-0.2, 0) is 20.9 Å². The molecule has 0 spiro atoms. The van der Waals surface area contributed by atoms with Gasteiger partial charge in [0, 0.05) is 29.9 Å². The summed E-state index contributed by atoms with van der Waals surface area (Å²) in [5.74, 6) is -1.61. The van der Waals surface area contributed by atoms with Crippen molar-refractivity contribution in [1.29, 1.82) is 5.41 Å². The first-order valence-corrected chi connectivity index (χ1v) is 11.6. The number of hydrogen-bond acceptors (Lipinski definition) is 7. The quantitative estimate of drug-likeness (QED) is 0.112. The van der Waals surface area contributed by atoms with E-state index in [4.69, 9.17) is 21.6 Å². The Morgan fingerprint density at radius 1 is 1.06 bits per heavy atom. The number of fused-ring (bicyclic) bond motifs is 1. The molecule has 188 valence electrons. The predicted octanol–water partition coefficient (Wildman–Crippen LogP) is 2.69. The third-order valence-corrected chi connectivity index (χ3v) is 6.00.